The molecule has 0 aromatic heterocycles. The van der Waals surface area contributed by atoms with Gasteiger partial charge in [0, 0.05) is 0 Å². The second kappa shape index (κ2) is 3.55. The maximum atomic E-state index is 11.0. The normalized spacial score (nSPS) is 9.30. The van der Waals surface area contributed by atoms with Crippen LogP contribution >= 0.6 is 0 Å². The van der Waals surface area contributed by atoms with Crippen molar-refractivity contribution in [2.75, 3.05) is 0 Å². The van der Waals surface area contributed by atoms with Gasteiger partial charge in [-0.3, -0.25) is 0 Å². The zero-order valence-corrected chi connectivity index (χ0v) is 6.46. The van der Waals surface area contributed by atoms with Crippen LogP contribution in [-0.2, 0) is 16.0 Å². The van der Waals surface area contributed by atoms with E-state index in [1.807, 2.05) is 18.2 Å². The van der Waals surface area contributed by atoms with E-state index < -0.39 is 0 Å². The fraction of sp³-hybridized carbons (Fsp3) is 0.125. The van der Waals surface area contributed by atoms with Crippen molar-refractivity contribution in [1.82, 2.24) is 0 Å². The van der Waals surface area contributed by atoms with Crippen molar-refractivity contribution in [1.29, 1.82) is 0 Å². The van der Waals surface area contributed by atoms with Crippen LogP contribution < -0.4 is 0 Å². The van der Waals surface area contributed by atoms with Crippen molar-refractivity contribution in [2.24, 2.45) is 0 Å². The Morgan fingerprint density at radius 1 is 1.30 bits per heavy atom. The van der Waals surface area contributed by atoms with E-state index in [1.165, 1.54) is 0 Å². The first-order chi connectivity index (χ1) is 4.84. The van der Waals surface area contributed by atoms with Gasteiger partial charge < -0.3 is 0 Å². The van der Waals surface area contributed by atoms with Gasteiger partial charge in [0.15, 0.2) is 0 Å². The summed E-state index contributed by atoms with van der Waals surface area (Å²) in [5, 5.41) is 0.337. The van der Waals surface area contributed by atoms with Gasteiger partial charge in [0.25, 0.3) is 0 Å². The van der Waals surface area contributed by atoms with Gasteiger partial charge in [-0.15, -0.1) is 0 Å². The zero-order chi connectivity index (χ0) is 7.40. The van der Waals surface area contributed by atoms with Crippen LogP contribution in [0.15, 0.2) is 30.3 Å². The van der Waals surface area contributed by atoms with Crippen LogP contribution in [0.4, 0.5) is 0 Å². The molecule has 0 atom stereocenters. The minimum absolute atomic E-state index is 0.0978. The Morgan fingerprint density at radius 2 is 1.90 bits per heavy atom. The minimum atomic E-state index is 0.0978. The summed E-state index contributed by atoms with van der Waals surface area (Å²) in [7, 11) is 0. The summed E-state index contributed by atoms with van der Waals surface area (Å²) in [6.07, 6.45) is 0. The molecule has 53 valence electrons. The molecule has 0 fully saturated rings. The Labute approximate surface area is 68.3 Å². The van der Waals surface area contributed by atoms with Gasteiger partial charge in [-0.05, 0) is 0 Å². The summed E-state index contributed by atoms with van der Waals surface area (Å²) in [6, 6.07) is 9.19. The van der Waals surface area contributed by atoms with Gasteiger partial charge in [-0.1, -0.05) is 0 Å². The van der Waals surface area contributed by atoms with Crippen LogP contribution in [0, 0.1) is 0 Å². The van der Waals surface area contributed by atoms with Crippen molar-refractivity contribution < 1.29 is 20.8 Å². The van der Waals surface area contributed by atoms with Crippen LogP contribution in [0.1, 0.15) is 10.4 Å². The first kappa shape index (κ1) is 7.52. The molecule has 0 aliphatic rings. The van der Waals surface area contributed by atoms with Crippen molar-refractivity contribution >= 4 is 5.78 Å². The Kier molecular flexibility index (Phi) is 2.67. The molecule has 0 saturated heterocycles. The Hall–Kier alpha value is -0.591. The fourth-order valence-corrected chi connectivity index (χ4v) is 0.922. The Balaban J connectivity index is 2.85. The van der Waals surface area contributed by atoms with Gasteiger partial charge >= 0.3 is 67.8 Å². The Morgan fingerprint density at radius 3 is 2.40 bits per heavy atom. The molecular formula is C8H7FeO. The molecule has 0 amide bonds. The van der Waals surface area contributed by atoms with E-state index in [2.05, 4.69) is 16.0 Å². The molecule has 0 bridgehead atoms. The average Bonchev–Trinajstić information content (AvgIpc) is 2.05. The molecule has 0 spiro atoms. The number of benzene rings is 1. The summed E-state index contributed by atoms with van der Waals surface area (Å²) < 4.78 is 0. The van der Waals surface area contributed by atoms with E-state index in [-0.39, 0.29) is 5.78 Å². The maximum absolute atomic E-state index is 11.0. The van der Waals surface area contributed by atoms with Crippen LogP contribution in [0.3, 0.4) is 0 Å². The van der Waals surface area contributed by atoms with Crippen LogP contribution in [0.2, 0.25) is 5.32 Å². The number of ketones is 1. The van der Waals surface area contributed by atoms with Gasteiger partial charge in [0.1, 0.15) is 0 Å². The number of hydrogen-bond donors (Lipinski definition) is 0. The fourth-order valence-electron chi connectivity index (χ4n) is 0.696. The van der Waals surface area contributed by atoms with E-state index in [1.54, 1.807) is 12.1 Å². The van der Waals surface area contributed by atoms with Gasteiger partial charge in [0.05, 0.1) is 0 Å². The molecule has 1 aromatic carbocycles. The second-order valence-corrected chi connectivity index (χ2v) is 2.30. The van der Waals surface area contributed by atoms with Gasteiger partial charge in [-0.2, -0.15) is 0 Å². The molecule has 0 radical (unpaired) electrons. The first-order valence-corrected chi connectivity index (χ1v) is 3.75. The standard InChI is InChI=1S/C8H7O.Fe/c1-7(9)8-5-3-2-4-6-8;/h2-6H,1H2;. The quantitative estimate of drug-likeness (QED) is 0.495. The van der Waals surface area contributed by atoms with Crippen LogP contribution in [0.5, 0.6) is 0 Å². The van der Waals surface area contributed by atoms with E-state index >= 15 is 0 Å². The van der Waals surface area contributed by atoms with E-state index in [0.29, 0.717) is 5.32 Å². The SMILES string of the molecule is O=C([CH2][Fe])c1ccccc1. The molecule has 0 heterocycles. The van der Waals surface area contributed by atoms with Crippen LogP contribution in [-0.4, -0.2) is 5.78 Å². The van der Waals surface area contributed by atoms with E-state index in [4.69, 9.17) is 0 Å². The molecule has 1 nitrogen and oxygen atoms in total. The number of carbonyl (C=O) groups is 1. The molecule has 0 saturated carbocycles. The molecule has 1 rings (SSSR count). The third-order valence-electron chi connectivity index (χ3n) is 1.21. The van der Waals surface area contributed by atoms with Gasteiger partial charge in [-0.25, -0.2) is 0 Å². The van der Waals surface area contributed by atoms with E-state index in [9.17, 15) is 4.79 Å². The van der Waals surface area contributed by atoms with Gasteiger partial charge in [0.2, 0.25) is 0 Å². The predicted octanol–water partition coefficient (Wildman–Crippen LogP) is 1.83. The summed E-state index contributed by atoms with van der Waals surface area (Å²) in [6.45, 7) is 0. The number of rotatable bonds is 2. The second-order valence-electron chi connectivity index (χ2n) is 1.91. The first-order valence-electron chi connectivity index (χ1n) is 2.97. The zero-order valence-electron chi connectivity index (χ0n) is 5.36. The molecule has 0 N–H and O–H groups in total. The number of carbonyl (C=O) groups excluding carboxylic acids is 1. The molecular weight excluding hydrogens is 168 g/mol. The van der Waals surface area contributed by atoms with Crippen molar-refractivity contribution in [3.8, 4) is 0 Å². The summed E-state index contributed by atoms with van der Waals surface area (Å²) in [5.74, 6) is 0.0978. The summed E-state index contributed by atoms with van der Waals surface area (Å²) in [4.78, 5) is 11.0. The number of hydrogen-bond acceptors (Lipinski definition) is 1. The van der Waals surface area contributed by atoms with E-state index in [0.717, 1.165) is 5.56 Å². The molecule has 1 aromatic rings. The molecule has 0 aliphatic heterocycles. The van der Waals surface area contributed by atoms with Crippen molar-refractivity contribution in [3.05, 3.63) is 35.9 Å². The summed E-state index contributed by atoms with van der Waals surface area (Å²) in [5.41, 5.74) is 0.748. The predicted molar refractivity (Wildman–Crippen MR) is 35.6 cm³/mol. The van der Waals surface area contributed by atoms with Crippen LogP contribution in [0.25, 0.3) is 0 Å². The third-order valence-corrected chi connectivity index (χ3v) is 1.56. The van der Waals surface area contributed by atoms with Crippen molar-refractivity contribution in [2.45, 2.75) is 5.32 Å². The average molecular weight is 175 g/mol. The summed E-state index contributed by atoms with van der Waals surface area (Å²) >= 11 is 3.51. The van der Waals surface area contributed by atoms with Crippen molar-refractivity contribution in [3.63, 3.8) is 0 Å². The number of Topliss-reactive ketones (excluding diaryl/α,β-unsaturated/α-hetero) is 1. The molecule has 0 aliphatic carbocycles. The Bertz CT molecular complexity index is 218. The molecule has 0 unspecified atom stereocenters. The third kappa shape index (κ3) is 1.69. The monoisotopic (exact) mass is 175 g/mol. The molecule has 2 heteroatoms. The molecule has 10 heavy (non-hydrogen) atoms. The topological polar surface area (TPSA) is 17.1 Å².